The molecule has 20 heavy (non-hydrogen) atoms. The van der Waals surface area contributed by atoms with Gasteiger partial charge in [0.05, 0.1) is 21.5 Å². The van der Waals surface area contributed by atoms with E-state index in [0.717, 1.165) is 21.5 Å². The number of nitrogens with one attached hydrogen (secondary N) is 1. The number of halogens is 2. The summed E-state index contributed by atoms with van der Waals surface area (Å²) in [7, 11) is 0. The van der Waals surface area contributed by atoms with Crippen molar-refractivity contribution in [2.24, 2.45) is 0 Å². The molecule has 1 saturated carbocycles. The van der Waals surface area contributed by atoms with E-state index in [2.05, 4.69) is 26.3 Å². The summed E-state index contributed by atoms with van der Waals surface area (Å²) in [6.45, 7) is 4.46. The summed E-state index contributed by atoms with van der Waals surface area (Å²) in [5.41, 5.74) is 3.38. The molecule has 0 spiro atoms. The first-order valence-corrected chi connectivity index (χ1v) is 7.60. The number of aromatic nitrogens is 2. The van der Waals surface area contributed by atoms with Gasteiger partial charge in [-0.1, -0.05) is 6.07 Å². The molecule has 0 saturated heterocycles. The van der Waals surface area contributed by atoms with Gasteiger partial charge in [-0.25, -0.2) is 9.07 Å². The van der Waals surface area contributed by atoms with Crippen molar-refractivity contribution in [3.63, 3.8) is 0 Å². The van der Waals surface area contributed by atoms with Gasteiger partial charge in [-0.05, 0) is 54.8 Å². The number of aryl methyl sites for hydroxylation is 1. The van der Waals surface area contributed by atoms with Crippen molar-refractivity contribution in [3.8, 4) is 5.69 Å². The first-order chi connectivity index (χ1) is 9.58. The maximum atomic E-state index is 14.2. The molecule has 0 amide bonds. The predicted octanol–water partition coefficient (Wildman–Crippen LogP) is 3.64. The molecular weight excluding hydrogens is 321 g/mol. The van der Waals surface area contributed by atoms with Crippen molar-refractivity contribution in [1.82, 2.24) is 15.1 Å². The third-order valence-electron chi connectivity index (χ3n) is 3.67. The van der Waals surface area contributed by atoms with Crippen LogP contribution in [0.4, 0.5) is 4.39 Å². The van der Waals surface area contributed by atoms with Crippen LogP contribution in [0.15, 0.2) is 22.7 Å². The van der Waals surface area contributed by atoms with Gasteiger partial charge in [-0.2, -0.15) is 5.10 Å². The molecule has 1 aromatic carbocycles. The SMILES string of the molecule is Cc1nn(-c2cccc(F)c2CNC2CC2)c(C)c1Br. The fraction of sp³-hybridized carbons (Fsp3) is 0.400. The molecule has 0 atom stereocenters. The lowest BCUT2D eigenvalue weighted by Gasteiger charge is -2.13. The molecular formula is C15H17BrFN3. The lowest BCUT2D eigenvalue weighted by atomic mass is 10.1. The number of rotatable bonds is 4. The molecule has 5 heteroatoms. The van der Waals surface area contributed by atoms with Crippen LogP contribution >= 0.6 is 15.9 Å². The Morgan fingerprint density at radius 3 is 2.75 bits per heavy atom. The van der Waals surface area contributed by atoms with Gasteiger partial charge in [0.15, 0.2) is 0 Å². The van der Waals surface area contributed by atoms with Gasteiger partial charge in [0.25, 0.3) is 0 Å². The van der Waals surface area contributed by atoms with Crippen molar-refractivity contribution < 1.29 is 4.39 Å². The van der Waals surface area contributed by atoms with Crippen LogP contribution in [0.3, 0.4) is 0 Å². The van der Waals surface area contributed by atoms with E-state index in [1.165, 1.54) is 18.9 Å². The Morgan fingerprint density at radius 1 is 1.40 bits per heavy atom. The van der Waals surface area contributed by atoms with Gasteiger partial charge >= 0.3 is 0 Å². The van der Waals surface area contributed by atoms with Crippen molar-refractivity contribution >= 4 is 15.9 Å². The number of hydrogen-bond donors (Lipinski definition) is 1. The molecule has 106 valence electrons. The first kappa shape index (κ1) is 13.8. The van der Waals surface area contributed by atoms with Crippen LogP contribution in [0.2, 0.25) is 0 Å². The maximum Gasteiger partial charge on any atom is 0.129 e. The zero-order chi connectivity index (χ0) is 14.3. The minimum Gasteiger partial charge on any atom is -0.310 e. The molecule has 1 aliphatic carbocycles. The highest BCUT2D eigenvalue weighted by atomic mass is 79.9. The first-order valence-electron chi connectivity index (χ1n) is 6.81. The summed E-state index contributed by atoms with van der Waals surface area (Å²) in [4.78, 5) is 0. The van der Waals surface area contributed by atoms with E-state index < -0.39 is 0 Å². The molecule has 0 unspecified atom stereocenters. The van der Waals surface area contributed by atoms with Gasteiger partial charge in [-0.15, -0.1) is 0 Å². The Bertz CT molecular complexity index is 647. The standard InChI is InChI=1S/C15H17BrFN3/c1-9-15(16)10(2)20(19-9)14-5-3-4-13(17)12(14)8-18-11-6-7-11/h3-5,11,18H,6-8H2,1-2H3. The second-order valence-corrected chi connectivity index (χ2v) is 6.08. The van der Waals surface area contributed by atoms with E-state index in [4.69, 9.17) is 0 Å². The van der Waals surface area contributed by atoms with Crippen molar-refractivity contribution in [2.45, 2.75) is 39.3 Å². The molecule has 3 nitrogen and oxygen atoms in total. The molecule has 0 bridgehead atoms. The minimum absolute atomic E-state index is 0.181. The minimum atomic E-state index is -0.181. The molecule has 1 aromatic heterocycles. The summed E-state index contributed by atoms with van der Waals surface area (Å²) in [6, 6.07) is 5.71. The Morgan fingerprint density at radius 2 is 2.15 bits per heavy atom. The Labute approximate surface area is 126 Å². The van der Waals surface area contributed by atoms with Crippen molar-refractivity contribution in [3.05, 3.63) is 45.4 Å². The predicted molar refractivity (Wildman–Crippen MR) is 80.6 cm³/mol. The lowest BCUT2D eigenvalue weighted by Crippen LogP contribution is -2.18. The van der Waals surface area contributed by atoms with Crippen LogP contribution in [0, 0.1) is 19.7 Å². The smallest absolute Gasteiger partial charge is 0.129 e. The molecule has 1 heterocycles. The highest BCUT2D eigenvalue weighted by molar-refractivity contribution is 9.10. The fourth-order valence-corrected chi connectivity index (χ4v) is 2.56. The fourth-order valence-electron chi connectivity index (χ4n) is 2.31. The second-order valence-electron chi connectivity index (χ2n) is 5.29. The normalized spacial score (nSPS) is 14.8. The second kappa shape index (κ2) is 5.30. The summed E-state index contributed by atoms with van der Waals surface area (Å²) >= 11 is 3.52. The Kier molecular flexibility index (Phi) is 3.65. The van der Waals surface area contributed by atoms with Crippen molar-refractivity contribution in [2.75, 3.05) is 0 Å². The van der Waals surface area contributed by atoms with E-state index in [-0.39, 0.29) is 5.82 Å². The van der Waals surface area contributed by atoms with E-state index in [1.54, 1.807) is 6.07 Å². The molecule has 1 fully saturated rings. The number of nitrogens with zero attached hydrogens (tertiary/aromatic N) is 2. The third-order valence-corrected chi connectivity index (χ3v) is 4.82. The molecule has 3 rings (SSSR count). The Balaban J connectivity index is 2.02. The van der Waals surface area contributed by atoms with Crippen LogP contribution in [0.25, 0.3) is 5.69 Å². The van der Waals surface area contributed by atoms with Crippen LogP contribution in [-0.2, 0) is 6.54 Å². The van der Waals surface area contributed by atoms with Gasteiger partial charge in [0.2, 0.25) is 0 Å². The summed E-state index contributed by atoms with van der Waals surface area (Å²) in [5, 5.41) is 7.87. The average molecular weight is 338 g/mol. The third kappa shape index (κ3) is 2.52. The molecule has 1 aliphatic rings. The summed E-state index contributed by atoms with van der Waals surface area (Å²) < 4.78 is 16.9. The van der Waals surface area contributed by atoms with Gasteiger partial charge in [0.1, 0.15) is 5.82 Å². The van der Waals surface area contributed by atoms with Crippen molar-refractivity contribution in [1.29, 1.82) is 0 Å². The number of hydrogen-bond acceptors (Lipinski definition) is 2. The van der Waals surface area contributed by atoms with Gasteiger partial charge < -0.3 is 5.32 Å². The van der Waals surface area contributed by atoms with E-state index >= 15 is 0 Å². The van der Waals surface area contributed by atoms with Gasteiger partial charge in [-0.3, -0.25) is 0 Å². The largest absolute Gasteiger partial charge is 0.310 e. The molecule has 0 radical (unpaired) electrons. The zero-order valence-corrected chi connectivity index (χ0v) is 13.2. The van der Waals surface area contributed by atoms with Gasteiger partial charge in [0, 0.05) is 18.2 Å². The number of benzene rings is 1. The lowest BCUT2D eigenvalue weighted by molar-refractivity contribution is 0.582. The summed E-state index contributed by atoms with van der Waals surface area (Å²) in [5.74, 6) is -0.181. The molecule has 0 aliphatic heterocycles. The van der Waals surface area contributed by atoms with Crippen LogP contribution in [0.5, 0.6) is 0 Å². The van der Waals surface area contributed by atoms with Crippen LogP contribution in [-0.4, -0.2) is 15.8 Å². The highest BCUT2D eigenvalue weighted by Crippen LogP contribution is 2.27. The zero-order valence-electron chi connectivity index (χ0n) is 11.6. The van der Waals surface area contributed by atoms with Crippen LogP contribution in [0.1, 0.15) is 29.8 Å². The monoisotopic (exact) mass is 337 g/mol. The average Bonchev–Trinajstić information content (AvgIpc) is 3.21. The topological polar surface area (TPSA) is 29.9 Å². The van der Waals surface area contributed by atoms with Crippen LogP contribution < -0.4 is 5.32 Å². The summed E-state index contributed by atoms with van der Waals surface area (Å²) in [6.07, 6.45) is 2.38. The molecule has 2 aromatic rings. The maximum absolute atomic E-state index is 14.2. The molecule has 1 N–H and O–H groups in total. The highest BCUT2D eigenvalue weighted by Gasteiger charge is 2.22. The van der Waals surface area contributed by atoms with E-state index in [0.29, 0.717) is 18.2 Å². The Hall–Kier alpha value is -1.20. The van der Waals surface area contributed by atoms with E-state index in [9.17, 15) is 4.39 Å². The quantitative estimate of drug-likeness (QED) is 0.922. The van der Waals surface area contributed by atoms with E-state index in [1.807, 2.05) is 24.6 Å².